The highest BCUT2D eigenvalue weighted by atomic mass is 16.3. The van der Waals surface area contributed by atoms with Gasteiger partial charge in [0.05, 0.1) is 5.69 Å². The number of nitrogens with zero attached hydrogens (tertiary/aromatic N) is 1. The Morgan fingerprint density at radius 1 is 1.42 bits per heavy atom. The summed E-state index contributed by atoms with van der Waals surface area (Å²) in [7, 11) is 0. The van der Waals surface area contributed by atoms with Crippen molar-refractivity contribution in [2.45, 2.75) is 65.8 Å². The first-order valence-electron chi connectivity index (χ1n) is 7.63. The van der Waals surface area contributed by atoms with Gasteiger partial charge in [0.2, 0.25) is 0 Å². The van der Waals surface area contributed by atoms with E-state index < -0.39 is 0 Å². The third kappa shape index (κ3) is 3.59. The summed E-state index contributed by atoms with van der Waals surface area (Å²) in [6.45, 7) is 11.0. The molecule has 0 bridgehead atoms. The molecule has 1 heterocycles. The van der Waals surface area contributed by atoms with Crippen LogP contribution in [0.5, 0.6) is 0 Å². The number of hydrogen-bond acceptors (Lipinski definition) is 3. The molecule has 1 N–H and O–H groups in total. The molecule has 0 aliphatic heterocycles. The van der Waals surface area contributed by atoms with Crippen LogP contribution in [0.1, 0.15) is 70.8 Å². The Kier molecular flexibility index (Phi) is 4.67. The molecule has 1 aromatic rings. The minimum Gasteiger partial charge on any atom is -0.448 e. The highest BCUT2D eigenvalue weighted by molar-refractivity contribution is 5.16. The molecule has 3 heteroatoms. The molecule has 1 saturated carbocycles. The Morgan fingerprint density at radius 2 is 2.21 bits per heavy atom. The van der Waals surface area contributed by atoms with Crippen LogP contribution >= 0.6 is 0 Å². The lowest BCUT2D eigenvalue weighted by atomic mass is 9.67. The lowest BCUT2D eigenvalue weighted by Crippen LogP contribution is -2.27. The average molecular weight is 264 g/mol. The smallest absolute Gasteiger partial charge is 0.181 e. The van der Waals surface area contributed by atoms with Gasteiger partial charge in [-0.05, 0) is 30.7 Å². The molecule has 3 nitrogen and oxygen atoms in total. The molecule has 1 aromatic heterocycles. The van der Waals surface area contributed by atoms with E-state index in [1.165, 1.54) is 25.7 Å². The van der Waals surface area contributed by atoms with Gasteiger partial charge in [-0.15, -0.1) is 0 Å². The van der Waals surface area contributed by atoms with E-state index in [1.54, 1.807) is 6.39 Å². The van der Waals surface area contributed by atoms with Gasteiger partial charge in [-0.2, -0.15) is 0 Å². The average Bonchev–Trinajstić information content (AvgIpc) is 2.76. The van der Waals surface area contributed by atoms with Crippen molar-refractivity contribution < 1.29 is 4.42 Å². The first-order chi connectivity index (χ1) is 9.00. The van der Waals surface area contributed by atoms with E-state index in [0.29, 0.717) is 17.3 Å². The van der Waals surface area contributed by atoms with Gasteiger partial charge in [-0.3, -0.25) is 0 Å². The largest absolute Gasteiger partial charge is 0.448 e. The predicted molar refractivity (Wildman–Crippen MR) is 78.0 cm³/mol. The van der Waals surface area contributed by atoms with Gasteiger partial charge in [-0.25, -0.2) is 4.98 Å². The Hall–Kier alpha value is -0.830. The summed E-state index contributed by atoms with van der Waals surface area (Å²) in [4.78, 5) is 4.42. The SMILES string of the molecule is CC(C)CNCc1ncoc1C1CCCCC1(C)C. The van der Waals surface area contributed by atoms with Crippen LogP contribution in [0.15, 0.2) is 10.8 Å². The summed E-state index contributed by atoms with van der Waals surface area (Å²) in [6, 6.07) is 0. The third-order valence-electron chi connectivity index (χ3n) is 4.34. The van der Waals surface area contributed by atoms with Gasteiger partial charge in [0.1, 0.15) is 5.76 Å². The highest BCUT2D eigenvalue weighted by Crippen LogP contribution is 2.47. The zero-order valence-electron chi connectivity index (χ0n) is 12.8. The van der Waals surface area contributed by atoms with Crippen LogP contribution < -0.4 is 5.32 Å². The quantitative estimate of drug-likeness (QED) is 0.870. The highest BCUT2D eigenvalue weighted by Gasteiger charge is 2.36. The van der Waals surface area contributed by atoms with Gasteiger partial charge in [0.15, 0.2) is 6.39 Å². The molecule has 1 aliphatic carbocycles. The molecular formula is C16H28N2O. The Labute approximate surface area is 117 Å². The fourth-order valence-corrected chi connectivity index (χ4v) is 3.15. The minimum atomic E-state index is 0.338. The normalized spacial score (nSPS) is 22.9. The number of hydrogen-bond donors (Lipinski definition) is 1. The van der Waals surface area contributed by atoms with Gasteiger partial charge in [-0.1, -0.05) is 40.5 Å². The van der Waals surface area contributed by atoms with Gasteiger partial charge in [0.25, 0.3) is 0 Å². The van der Waals surface area contributed by atoms with Crippen molar-refractivity contribution in [1.82, 2.24) is 10.3 Å². The maximum atomic E-state index is 5.75. The molecule has 1 unspecified atom stereocenters. The Morgan fingerprint density at radius 3 is 2.89 bits per heavy atom. The fourth-order valence-electron chi connectivity index (χ4n) is 3.15. The number of nitrogens with one attached hydrogen (secondary N) is 1. The fraction of sp³-hybridized carbons (Fsp3) is 0.812. The summed E-state index contributed by atoms with van der Waals surface area (Å²) >= 11 is 0. The molecule has 19 heavy (non-hydrogen) atoms. The zero-order chi connectivity index (χ0) is 13.9. The van der Waals surface area contributed by atoms with Crippen molar-refractivity contribution >= 4 is 0 Å². The van der Waals surface area contributed by atoms with Crippen LogP contribution in [0.25, 0.3) is 0 Å². The number of rotatable bonds is 5. The van der Waals surface area contributed by atoms with E-state index in [0.717, 1.165) is 24.5 Å². The summed E-state index contributed by atoms with van der Waals surface area (Å²) in [5.74, 6) is 2.32. The van der Waals surface area contributed by atoms with Crippen LogP contribution in [-0.2, 0) is 6.54 Å². The van der Waals surface area contributed by atoms with E-state index in [4.69, 9.17) is 4.42 Å². The summed E-state index contributed by atoms with van der Waals surface area (Å²) in [5, 5.41) is 3.47. The molecule has 0 amide bonds. The Balaban J connectivity index is 2.05. The summed E-state index contributed by atoms with van der Waals surface area (Å²) < 4.78 is 5.75. The molecule has 2 rings (SSSR count). The molecule has 0 saturated heterocycles. The van der Waals surface area contributed by atoms with E-state index >= 15 is 0 Å². The van der Waals surface area contributed by atoms with E-state index in [1.807, 2.05) is 0 Å². The van der Waals surface area contributed by atoms with Crippen molar-refractivity contribution in [2.75, 3.05) is 6.54 Å². The Bertz CT molecular complexity index is 395. The second-order valence-corrected chi connectivity index (χ2v) is 6.98. The molecule has 0 radical (unpaired) electrons. The van der Waals surface area contributed by atoms with Gasteiger partial charge in [0, 0.05) is 12.5 Å². The van der Waals surface area contributed by atoms with Crippen molar-refractivity contribution in [3.8, 4) is 0 Å². The van der Waals surface area contributed by atoms with Crippen molar-refractivity contribution in [1.29, 1.82) is 0 Å². The van der Waals surface area contributed by atoms with E-state index in [2.05, 4.69) is 38.0 Å². The van der Waals surface area contributed by atoms with Crippen molar-refractivity contribution in [3.63, 3.8) is 0 Å². The molecular weight excluding hydrogens is 236 g/mol. The van der Waals surface area contributed by atoms with Crippen molar-refractivity contribution in [3.05, 3.63) is 17.8 Å². The lowest BCUT2D eigenvalue weighted by Gasteiger charge is -2.37. The number of oxazole rings is 1. The van der Waals surface area contributed by atoms with Crippen LogP contribution in [0.4, 0.5) is 0 Å². The molecule has 1 atom stereocenters. The minimum absolute atomic E-state index is 0.338. The van der Waals surface area contributed by atoms with Crippen LogP contribution in [0, 0.1) is 11.3 Å². The van der Waals surface area contributed by atoms with E-state index in [9.17, 15) is 0 Å². The molecule has 1 aliphatic rings. The van der Waals surface area contributed by atoms with E-state index in [-0.39, 0.29) is 0 Å². The summed E-state index contributed by atoms with van der Waals surface area (Å²) in [5.41, 5.74) is 1.45. The molecule has 108 valence electrons. The lowest BCUT2D eigenvalue weighted by molar-refractivity contribution is 0.176. The maximum Gasteiger partial charge on any atom is 0.181 e. The zero-order valence-corrected chi connectivity index (χ0v) is 12.8. The molecule has 0 aromatic carbocycles. The third-order valence-corrected chi connectivity index (χ3v) is 4.34. The maximum absolute atomic E-state index is 5.75. The van der Waals surface area contributed by atoms with Gasteiger partial charge >= 0.3 is 0 Å². The molecule has 1 fully saturated rings. The standard InChI is InChI=1S/C16H28N2O/c1-12(2)9-17-10-14-15(19-11-18-14)13-7-5-6-8-16(13,3)4/h11-13,17H,5-10H2,1-4H3. The topological polar surface area (TPSA) is 38.1 Å². The molecule has 0 spiro atoms. The first-order valence-corrected chi connectivity index (χ1v) is 7.63. The van der Waals surface area contributed by atoms with Gasteiger partial charge < -0.3 is 9.73 Å². The van der Waals surface area contributed by atoms with Crippen LogP contribution in [-0.4, -0.2) is 11.5 Å². The second kappa shape index (κ2) is 6.08. The summed E-state index contributed by atoms with van der Waals surface area (Å²) in [6.07, 6.45) is 6.80. The second-order valence-electron chi connectivity index (χ2n) is 6.98. The van der Waals surface area contributed by atoms with Crippen LogP contribution in [0.3, 0.4) is 0 Å². The van der Waals surface area contributed by atoms with Crippen molar-refractivity contribution in [2.24, 2.45) is 11.3 Å². The van der Waals surface area contributed by atoms with Crippen LogP contribution in [0.2, 0.25) is 0 Å². The number of aromatic nitrogens is 1. The monoisotopic (exact) mass is 264 g/mol. The first kappa shape index (κ1) is 14.6. The predicted octanol–water partition coefficient (Wildman–Crippen LogP) is 4.10.